The lowest BCUT2D eigenvalue weighted by atomic mass is 10.1. The van der Waals surface area contributed by atoms with E-state index < -0.39 is 0 Å². The van der Waals surface area contributed by atoms with E-state index in [0.29, 0.717) is 19.3 Å². The van der Waals surface area contributed by atoms with E-state index in [-0.39, 0.29) is 11.7 Å². The third-order valence-corrected chi connectivity index (χ3v) is 4.29. The van der Waals surface area contributed by atoms with Crippen molar-refractivity contribution in [2.75, 3.05) is 20.3 Å². The molecule has 1 aliphatic rings. The molecule has 3 rings (SSSR count). The number of hydrogen-bond donors (Lipinski definition) is 1. The maximum atomic E-state index is 13.1. The van der Waals surface area contributed by atoms with Crippen LogP contribution in [-0.2, 0) is 4.74 Å². The van der Waals surface area contributed by atoms with E-state index in [1.54, 1.807) is 23.5 Å². The number of rotatable bonds is 2. The molecule has 5 heteroatoms. The second kappa shape index (κ2) is 4.33. The molecule has 1 saturated heterocycles. The molecule has 0 radical (unpaired) electrons. The predicted octanol–water partition coefficient (Wildman–Crippen LogP) is 2.14. The SMILES string of the molecule is CNC1COCC1c1nc2ccc(F)cc2s1. The molecule has 1 aromatic carbocycles. The summed E-state index contributed by atoms with van der Waals surface area (Å²) in [7, 11) is 1.93. The van der Waals surface area contributed by atoms with Crippen LogP contribution in [0.25, 0.3) is 10.2 Å². The van der Waals surface area contributed by atoms with Crippen LogP contribution in [0.5, 0.6) is 0 Å². The van der Waals surface area contributed by atoms with Gasteiger partial charge in [0.1, 0.15) is 10.8 Å². The Morgan fingerprint density at radius 1 is 1.47 bits per heavy atom. The zero-order valence-electron chi connectivity index (χ0n) is 9.44. The summed E-state index contributed by atoms with van der Waals surface area (Å²) in [5.41, 5.74) is 0.869. The Bertz CT molecular complexity index is 542. The molecule has 1 aliphatic heterocycles. The molecule has 17 heavy (non-hydrogen) atoms. The number of fused-ring (bicyclic) bond motifs is 1. The van der Waals surface area contributed by atoms with Gasteiger partial charge in [-0.3, -0.25) is 0 Å². The molecule has 0 spiro atoms. The van der Waals surface area contributed by atoms with Crippen LogP contribution < -0.4 is 5.32 Å². The number of likely N-dealkylation sites (N-methyl/N-ethyl adjacent to an activating group) is 1. The van der Waals surface area contributed by atoms with E-state index in [1.165, 1.54) is 6.07 Å². The van der Waals surface area contributed by atoms with Crippen molar-refractivity contribution in [3.05, 3.63) is 29.0 Å². The van der Waals surface area contributed by atoms with Gasteiger partial charge in [-0.15, -0.1) is 11.3 Å². The molecule has 1 aromatic heterocycles. The van der Waals surface area contributed by atoms with Gasteiger partial charge in [0.25, 0.3) is 0 Å². The number of hydrogen-bond acceptors (Lipinski definition) is 4. The Morgan fingerprint density at radius 2 is 2.35 bits per heavy atom. The highest BCUT2D eigenvalue weighted by atomic mass is 32.1. The van der Waals surface area contributed by atoms with Crippen molar-refractivity contribution >= 4 is 21.6 Å². The summed E-state index contributed by atoms with van der Waals surface area (Å²) in [4.78, 5) is 4.57. The molecule has 2 atom stereocenters. The first kappa shape index (κ1) is 11.1. The highest BCUT2D eigenvalue weighted by Gasteiger charge is 2.30. The standard InChI is InChI=1S/C12H13FN2OS/c1-14-10-6-16-5-8(10)12-15-9-3-2-7(13)4-11(9)17-12/h2-4,8,10,14H,5-6H2,1H3. The summed E-state index contributed by atoms with van der Waals surface area (Å²) in [6.07, 6.45) is 0. The third-order valence-electron chi connectivity index (χ3n) is 3.14. The smallest absolute Gasteiger partial charge is 0.124 e. The van der Waals surface area contributed by atoms with E-state index in [0.717, 1.165) is 15.2 Å². The van der Waals surface area contributed by atoms with Crippen molar-refractivity contribution in [1.82, 2.24) is 10.3 Å². The Morgan fingerprint density at radius 3 is 3.18 bits per heavy atom. The first-order valence-electron chi connectivity index (χ1n) is 5.59. The van der Waals surface area contributed by atoms with Gasteiger partial charge in [0, 0.05) is 6.04 Å². The van der Waals surface area contributed by atoms with Crippen LogP contribution >= 0.6 is 11.3 Å². The van der Waals surface area contributed by atoms with Gasteiger partial charge in [-0.25, -0.2) is 9.37 Å². The molecular weight excluding hydrogens is 239 g/mol. The number of nitrogens with one attached hydrogen (secondary N) is 1. The molecule has 1 fully saturated rings. The van der Waals surface area contributed by atoms with Crippen molar-refractivity contribution < 1.29 is 9.13 Å². The van der Waals surface area contributed by atoms with Crippen LogP contribution in [0.2, 0.25) is 0 Å². The Balaban J connectivity index is 2.00. The van der Waals surface area contributed by atoms with Gasteiger partial charge in [-0.05, 0) is 25.2 Å². The average molecular weight is 252 g/mol. The van der Waals surface area contributed by atoms with Crippen LogP contribution in [-0.4, -0.2) is 31.3 Å². The van der Waals surface area contributed by atoms with E-state index >= 15 is 0 Å². The minimum Gasteiger partial charge on any atom is -0.379 e. The number of aromatic nitrogens is 1. The monoisotopic (exact) mass is 252 g/mol. The van der Waals surface area contributed by atoms with Crippen molar-refractivity contribution in [2.45, 2.75) is 12.0 Å². The molecule has 2 heterocycles. The van der Waals surface area contributed by atoms with Gasteiger partial charge in [0.15, 0.2) is 0 Å². The van der Waals surface area contributed by atoms with Crippen molar-refractivity contribution in [2.24, 2.45) is 0 Å². The molecule has 0 bridgehead atoms. The van der Waals surface area contributed by atoms with E-state index in [1.807, 2.05) is 7.05 Å². The molecule has 2 aromatic rings. The largest absolute Gasteiger partial charge is 0.379 e. The minimum absolute atomic E-state index is 0.208. The van der Waals surface area contributed by atoms with Gasteiger partial charge in [-0.2, -0.15) is 0 Å². The summed E-state index contributed by atoms with van der Waals surface area (Å²) < 4.78 is 19.5. The molecule has 3 nitrogen and oxygen atoms in total. The lowest BCUT2D eigenvalue weighted by Crippen LogP contribution is -2.30. The molecule has 0 aliphatic carbocycles. The van der Waals surface area contributed by atoms with Gasteiger partial charge in [-0.1, -0.05) is 0 Å². The summed E-state index contributed by atoms with van der Waals surface area (Å²) in [5.74, 6) is 0.0704. The Kier molecular flexibility index (Phi) is 2.82. The normalized spacial score (nSPS) is 24.6. The first-order chi connectivity index (χ1) is 8.28. The number of benzene rings is 1. The Labute approximate surface area is 103 Å². The number of nitrogens with zero attached hydrogens (tertiary/aromatic N) is 1. The minimum atomic E-state index is -0.208. The molecule has 1 N–H and O–H groups in total. The van der Waals surface area contributed by atoms with E-state index in [2.05, 4.69) is 10.3 Å². The molecule has 2 unspecified atom stereocenters. The summed E-state index contributed by atoms with van der Waals surface area (Å²) in [6, 6.07) is 5.03. The van der Waals surface area contributed by atoms with Gasteiger partial charge in [0.2, 0.25) is 0 Å². The van der Waals surface area contributed by atoms with Crippen LogP contribution in [0.1, 0.15) is 10.9 Å². The summed E-state index contributed by atoms with van der Waals surface area (Å²) in [5, 5.41) is 4.27. The van der Waals surface area contributed by atoms with Crippen molar-refractivity contribution in [3.63, 3.8) is 0 Å². The van der Waals surface area contributed by atoms with Crippen LogP contribution in [0.4, 0.5) is 4.39 Å². The van der Waals surface area contributed by atoms with Crippen LogP contribution in [0.3, 0.4) is 0 Å². The average Bonchev–Trinajstić information content (AvgIpc) is 2.93. The number of thiazole rings is 1. The van der Waals surface area contributed by atoms with Crippen molar-refractivity contribution in [1.29, 1.82) is 0 Å². The second-order valence-corrected chi connectivity index (χ2v) is 5.27. The quantitative estimate of drug-likeness (QED) is 0.889. The summed E-state index contributed by atoms with van der Waals surface area (Å²) >= 11 is 1.56. The number of halogens is 1. The zero-order valence-corrected chi connectivity index (χ0v) is 10.3. The second-order valence-electron chi connectivity index (χ2n) is 4.20. The maximum Gasteiger partial charge on any atom is 0.124 e. The molecule has 0 amide bonds. The topological polar surface area (TPSA) is 34.1 Å². The highest BCUT2D eigenvalue weighted by molar-refractivity contribution is 7.18. The lowest BCUT2D eigenvalue weighted by molar-refractivity contribution is 0.188. The number of ether oxygens (including phenoxy) is 1. The molecular formula is C12H13FN2OS. The molecule has 90 valence electrons. The predicted molar refractivity (Wildman–Crippen MR) is 66.0 cm³/mol. The highest BCUT2D eigenvalue weighted by Crippen LogP contribution is 2.32. The Hall–Kier alpha value is -1.04. The maximum absolute atomic E-state index is 13.1. The van der Waals surface area contributed by atoms with Gasteiger partial charge in [0.05, 0.1) is 29.3 Å². The zero-order chi connectivity index (χ0) is 11.8. The fraction of sp³-hybridized carbons (Fsp3) is 0.417. The van der Waals surface area contributed by atoms with E-state index in [9.17, 15) is 4.39 Å². The lowest BCUT2D eigenvalue weighted by Gasteiger charge is -2.13. The fourth-order valence-electron chi connectivity index (χ4n) is 2.16. The molecule has 0 saturated carbocycles. The van der Waals surface area contributed by atoms with E-state index in [4.69, 9.17) is 4.74 Å². The first-order valence-corrected chi connectivity index (χ1v) is 6.40. The fourth-order valence-corrected chi connectivity index (χ4v) is 3.30. The van der Waals surface area contributed by atoms with Crippen LogP contribution in [0.15, 0.2) is 18.2 Å². The van der Waals surface area contributed by atoms with Crippen LogP contribution in [0, 0.1) is 5.82 Å². The third kappa shape index (κ3) is 1.94. The van der Waals surface area contributed by atoms with Gasteiger partial charge >= 0.3 is 0 Å². The van der Waals surface area contributed by atoms with Gasteiger partial charge < -0.3 is 10.1 Å². The summed E-state index contributed by atoms with van der Waals surface area (Å²) in [6.45, 7) is 1.40. The van der Waals surface area contributed by atoms with Crippen molar-refractivity contribution in [3.8, 4) is 0 Å².